The molecule has 0 aliphatic carbocycles. The lowest BCUT2D eigenvalue weighted by Gasteiger charge is -2.03. The molecule has 0 saturated heterocycles. The van der Waals surface area contributed by atoms with Gasteiger partial charge in [0.2, 0.25) is 5.13 Å². The van der Waals surface area contributed by atoms with Gasteiger partial charge in [-0.15, -0.1) is 0 Å². The number of hydrogen-bond acceptors (Lipinski definition) is 7. The molecule has 0 saturated carbocycles. The molecule has 0 spiro atoms. The lowest BCUT2D eigenvalue weighted by Crippen LogP contribution is -2.10. The highest BCUT2D eigenvalue weighted by Crippen LogP contribution is 2.21. The SMILES string of the molecule is COCCNc1nc(C(C)S(C)(=O)=O)ns1. The molecular weight excluding hydrogens is 250 g/mol. The summed E-state index contributed by atoms with van der Waals surface area (Å²) in [5.41, 5.74) is 0. The smallest absolute Gasteiger partial charge is 0.202 e. The van der Waals surface area contributed by atoms with Gasteiger partial charge in [0.1, 0.15) is 5.25 Å². The van der Waals surface area contributed by atoms with Crippen LogP contribution in [-0.2, 0) is 14.6 Å². The summed E-state index contributed by atoms with van der Waals surface area (Å²) in [5.74, 6) is 0.340. The van der Waals surface area contributed by atoms with Crippen LogP contribution >= 0.6 is 11.5 Å². The molecule has 1 N–H and O–H groups in total. The van der Waals surface area contributed by atoms with Crippen molar-refractivity contribution < 1.29 is 13.2 Å². The van der Waals surface area contributed by atoms with E-state index in [9.17, 15) is 8.42 Å². The molecule has 0 aliphatic rings. The standard InChI is InChI=1S/C8H15N3O3S2/c1-6(16(3,12)13)7-10-8(15-11-7)9-4-5-14-2/h6H,4-5H2,1-3H3,(H,9,10,11). The van der Waals surface area contributed by atoms with Gasteiger partial charge in [0.25, 0.3) is 0 Å². The topological polar surface area (TPSA) is 81.2 Å². The summed E-state index contributed by atoms with van der Waals surface area (Å²) in [5, 5.41) is 2.95. The van der Waals surface area contributed by atoms with Gasteiger partial charge in [-0.05, 0) is 6.92 Å². The Bertz CT molecular complexity index is 429. The lowest BCUT2D eigenvalue weighted by molar-refractivity contribution is 0.211. The fourth-order valence-corrected chi connectivity index (χ4v) is 2.16. The molecule has 6 nitrogen and oxygen atoms in total. The normalized spacial score (nSPS) is 13.7. The van der Waals surface area contributed by atoms with Crippen molar-refractivity contribution in [2.24, 2.45) is 0 Å². The van der Waals surface area contributed by atoms with Crippen molar-refractivity contribution in [3.05, 3.63) is 5.82 Å². The fourth-order valence-electron chi connectivity index (χ4n) is 0.923. The molecule has 0 radical (unpaired) electrons. The molecule has 0 amide bonds. The first kappa shape index (κ1) is 13.3. The Morgan fingerprint density at radius 1 is 1.56 bits per heavy atom. The number of nitrogens with one attached hydrogen (secondary N) is 1. The van der Waals surface area contributed by atoms with Crippen LogP contribution in [-0.4, -0.2) is 44.3 Å². The Morgan fingerprint density at radius 2 is 2.25 bits per heavy atom. The molecule has 0 bridgehead atoms. The van der Waals surface area contributed by atoms with E-state index in [1.807, 2.05) is 0 Å². The van der Waals surface area contributed by atoms with Crippen molar-refractivity contribution in [3.8, 4) is 0 Å². The van der Waals surface area contributed by atoms with Crippen molar-refractivity contribution in [1.29, 1.82) is 0 Å². The quantitative estimate of drug-likeness (QED) is 0.763. The fraction of sp³-hybridized carbons (Fsp3) is 0.750. The Balaban J connectivity index is 2.64. The second-order valence-electron chi connectivity index (χ2n) is 3.35. The predicted octanol–water partition coefficient (Wildman–Crippen LogP) is 0.702. The lowest BCUT2D eigenvalue weighted by atomic mass is 10.5. The maximum atomic E-state index is 11.3. The third-order valence-electron chi connectivity index (χ3n) is 2.03. The summed E-state index contributed by atoms with van der Waals surface area (Å²) >= 11 is 1.15. The first-order chi connectivity index (χ1) is 7.45. The highest BCUT2D eigenvalue weighted by molar-refractivity contribution is 7.90. The molecule has 0 aromatic carbocycles. The van der Waals surface area contributed by atoms with Crippen LogP contribution in [0, 0.1) is 0 Å². The van der Waals surface area contributed by atoms with Crippen LogP contribution in [0.3, 0.4) is 0 Å². The van der Waals surface area contributed by atoms with Crippen molar-refractivity contribution in [2.45, 2.75) is 12.2 Å². The number of ether oxygens (including phenoxy) is 1. The largest absolute Gasteiger partial charge is 0.383 e. The number of anilines is 1. The number of sulfone groups is 1. The van der Waals surface area contributed by atoms with Gasteiger partial charge >= 0.3 is 0 Å². The zero-order valence-electron chi connectivity index (χ0n) is 9.43. The minimum absolute atomic E-state index is 0.340. The molecule has 1 atom stereocenters. The van der Waals surface area contributed by atoms with Crippen LogP contribution in [0.15, 0.2) is 0 Å². The summed E-state index contributed by atoms with van der Waals surface area (Å²) in [6.07, 6.45) is 1.18. The van der Waals surface area contributed by atoms with Crippen LogP contribution in [0.5, 0.6) is 0 Å². The van der Waals surface area contributed by atoms with Crippen molar-refractivity contribution in [2.75, 3.05) is 31.8 Å². The average molecular weight is 265 g/mol. The zero-order valence-corrected chi connectivity index (χ0v) is 11.1. The number of nitrogens with zero attached hydrogens (tertiary/aromatic N) is 2. The number of hydrogen-bond donors (Lipinski definition) is 1. The van der Waals surface area contributed by atoms with Crippen molar-refractivity contribution >= 4 is 26.5 Å². The van der Waals surface area contributed by atoms with Crippen LogP contribution in [0.2, 0.25) is 0 Å². The van der Waals surface area contributed by atoms with E-state index in [-0.39, 0.29) is 0 Å². The molecule has 0 aliphatic heterocycles. The predicted molar refractivity (Wildman–Crippen MR) is 63.5 cm³/mol. The van der Waals surface area contributed by atoms with Crippen LogP contribution in [0.4, 0.5) is 5.13 Å². The molecule has 92 valence electrons. The molecular formula is C8H15N3O3S2. The second-order valence-corrected chi connectivity index (χ2v) is 6.47. The molecule has 1 rings (SSSR count). The summed E-state index contributed by atoms with van der Waals surface area (Å²) in [7, 11) is -1.53. The second kappa shape index (κ2) is 5.55. The Labute approximate surface area is 99.1 Å². The van der Waals surface area contributed by atoms with E-state index in [1.54, 1.807) is 14.0 Å². The molecule has 1 aromatic rings. The van der Waals surface area contributed by atoms with E-state index in [0.29, 0.717) is 24.1 Å². The minimum Gasteiger partial charge on any atom is -0.383 e. The first-order valence-corrected chi connectivity index (χ1v) is 7.43. The van der Waals surface area contributed by atoms with Gasteiger partial charge in [-0.25, -0.2) is 13.4 Å². The maximum Gasteiger partial charge on any atom is 0.202 e. The highest BCUT2D eigenvalue weighted by Gasteiger charge is 2.21. The van der Waals surface area contributed by atoms with E-state index in [1.165, 1.54) is 6.26 Å². The molecule has 0 fully saturated rings. The van der Waals surface area contributed by atoms with Gasteiger partial charge < -0.3 is 10.1 Å². The summed E-state index contributed by atoms with van der Waals surface area (Å²) in [6, 6.07) is 0. The summed E-state index contributed by atoms with van der Waals surface area (Å²) in [4.78, 5) is 4.11. The van der Waals surface area contributed by atoms with E-state index in [0.717, 1.165) is 11.5 Å². The Hall–Kier alpha value is -0.730. The van der Waals surface area contributed by atoms with Crippen LogP contribution in [0.1, 0.15) is 18.0 Å². The molecule has 16 heavy (non-hydrogen) atoms. The van der Waals surface area contributed by atoms with Gasteiger partial charge in [-0.2, -0.15) is 4.37 Å². The van der Waals surface area contributed by atoms with Gasteiger partial charge in [0, 0.05) is 31.4 Å². The minimum atomic E-state index is -3.14. The van der Waals surface area contributed by atoms with Crippen LogP contribution in [0.25, 0.3) is 0 Å². The van der Waals surface area contributed by atoms with Crippen molar-refractivity contribution in [1.82, 2.24) is 9.36 Å². The average Bonchev–Trinajstić information content (AvgIpc) is 2.64. The van der Waals surface area contributed by atoms with Gasteiger partial charge in [-0.3, -0.25) is 0 Å². The number of rotatable bonds is 6. The zero-order chi connectivity index (χ0) is 12.2. The van der Waals surface area contributed by atoms with E-state index in [2.05, 4.69) is 14.7 Å². The third kappa shape index (κ3) is 3.69. The summed E-state index contributed by atoms with van der Waals surface area (Å²) in [6.45, 7) is 2.77. The molecule has 1 unspecified atom stereocenters. The van der Waals surface area contributed by atoms with Gasteiger partial charge in [0.15, 0.2) is 15.7 Å². The van der Waals surface area contributed by atoms with Crippen molar-refractivity contribution in [3.63, 3.8) is 0 Å². The maximum absolute atomic E-state index is 11.3. The van der Waals surface area contributed by atoms with E-state index in [4.69, 9.17) is 4.74 Å². The van der Waals surface area contributed by atoms with Gasteiger partial charge in [-0.1, -0.05) is 0 Å². The third-order valence-corrected chi connectivity index (χ3v) is 4.21. The van der Waals surface area contributed by atoms with Crippen LogP contribution < -0.4 is 5.32 Å². The first-order valence-electron chi connectivity index (χ1n) is 4.70. The molecule has 1 aromatic heterocycles. The Kier molecular flexibility index (Phi) is 4.63. The molecule has 1 heterocycles. The number of aromatic nitrogens is 2. The summed E-state index contributed by atoms with van der Waals surface area (Å²) < 4.78 is 31.5. The Morgan fingerprint density at radius 3 is 2.81 bits per heavy atom. The van der Waals surface area contributed by atoms with E-state index >= 15 is 0 Å². The van der Waals surface area contributed by atoms with E-state index < -0.39 is 15.1 Å². The highest BCUT2D eigenvalue weighted by atomic mass is 32.2. The number of methoxy groups -OCH3 is 1. The van der Waals surface area contributed by atoms with Gasteiger partial charge in [0.05, 0.1) is 6.61 Å². The monoisotopic (exact) mass is 265 g/mol. The molecule has 8 heteroatoms.